The summed E-state index contributed by atoms with van der Waals surface area (Å²) in [7, 11) is 1.68. The third kappa shape index (κ3) is 2.96. The molecule has 8 heteroatoms. The van der Waals surface area contributed by atoms with Crippen LogP contribution in [0.4, 0.5) is 0 Å². The van der Waals surface area contributed by atoms with E-state index in [1.54, 1.807) is 13.4 Å². The van der Waals surface area contributed by atoms with Crippen molar-refractivity contribution in [3.63, 3.8) is 0 Å². The van der Waals surface area contributed by atoms with Gasteiger partial charge in [-0.2, -0.15) is 0 Å². The van der Waals surface area contributed by atoms with Crippen LogP contribution in [0.5, 0.6) is 0 Å². The molecule has 0 spiro atoms. The molecule has 0 bridgehead atoms. The lowest BCUT2D eigenvalue weighted by Gasteiger charge is -2.29. The molecule has 0 aliphatic carbocycles. The van der Waals surface area contributed by atoms with Crippen LogP contribution < -0.4 is 11.3 Å². The van der Waals surface area contributed by atoms with E-state index in [1.165, 1.54) is 0 Å². The summed E-state index contributed by atoms with van der Waals surface area (Å²) in [5.74, 6) is 7.14. The van der Waals surface area contributed by atoms with Gasteiger partial charge in [0.2, 0.25) is 5.96 Å². The van der Waals surface area contributed by atoms with E-state index in [-0.39, 0.29) is 0 Å². The molecule has 0 atom stereocenters. The van der Waals surface area contributed by atoms with Crippen LogP contribution in [0.1, 0.15) is 12.2 Å². The summed E-state index contributed by atoms with van der Waals surface area (Å²) < 4.78 is 7.02. The second-order valence-corrected chi connectivity index (χ2v) is 4.06. The fraction of sp³-hybridized carbons (Fsp3) is 0.700. The average Bonchev–Trinajstić information content (AvgIpc) is 2.86. The normalized spacial score (nSPS) is 15.7. The Labute approximate surface area is 106 Å². The first-order chi connectivity index (χ1) is 8.85. The molecule has 2 rings (SSSR count). The first-order valence-corrected chi connectivity index (χ1v) is 5.96. The van der Waals surface area contributed by atoms with Gasteiger partial charge in [-0.05, 0) is 6.42 Å². The van der Waals surface area contributed by atoms with Crippen molar-refractivity contribution in [2.45, 2.75) is 19.5 Å². The Hall–Kier alpha value is -1.67. The van der Waals surface area contributed by atoms with E-state index in [0.29, 0.717) is 25.7 Å². The molecule has 8 nitrogen and oxygen atoms in total. The van der Waals surface area contributed by atoms with Crippen molar-refractivity contribution in [3.8, 4) is 0 Å². The van der Waals surface area contributed by atoms with Gasteiger partial charge in [-0.15, -0.1) is 10.2 Å². The maximum Gasteiger partial charge on any atom is 0.208 e. The smallest absolute Gasteiger partial charge is 0.208 e. The topological polar surface area (TPSA) is 93.6 Å². The van der Waals surface area contributed by atoms with Crippen molar-refractivity contribution < 1.29 is 4.74 Å². The van der Waals surface area contributed by atoms with Crippen LogP contribution in [-0.2, 0) is 17.8 Å². The number of nitrogens with zero attached hydrogens (tertiary/aromatic N) is 5. The van der Waals surface area contributed by atoms with Gasteiger partial charge in [0.15, 0.2) is 5.82 Å². The molecule has 0 saturated carbocycles. The molecule has 0 radical (unpaired) electrons. The Morgan fingerprint density at radius 3 is 3.28 bits per heavy atom. The average molecular weight is 253 g/mol. The number of fused-ring (bicyclic) bond motifs is 1. The SMILES string of the molecule is COCCCN=C(NN)N1CCn2cnnc2C1. The van der Waals surface area contributed by atoms with E-state index in [2.05, 4.69) is 25.5 Å². The first-order valence-electron chi connectivity index (χ1n) is 5.96. The molecule has 1 aromatic rings. The van der Waals surface area contributed by atoms with Crippen LogP contribution in [0, 0.1) is 0 Å². The highest BCUT2D eigenvalue weighted by Crippen LogP contribution is 2.08. The molecular weight excluding hydrogens is 234 g/mol. The molecule has 0 fully saturated rings. The van der Waals surface area contributed by atoms with E-state index in [0.717, 1.165) is 25.3 Å². The Morgan fingerprint density at radius 2 is 2.50 bits per heavy atom. The van der Waals surface area contributed by atoms with Crippen LogP contribution in [0.15, 0.2) is 11.3 Å². The molecule has 3 N–H and O–H groups in total. The summed E-state index contributed by atoms with van der Waals surface area (Å²) >= 11 is 0. The van der Waals surface area contributed by atoms with Gasteiger partial charge in [-0.3, -0.25) is 10.4 Å². The highest BCUT2D eigenvalue weighted by atomic mass is 16.5. The second kappa shape index (κ2) is 6.31. The van der Waals surface area contributed by atoms with Crippen LogP contribution in [0.2, 0.25) is 0 Å². The minimum atomic E-state index is 0.674. The van der Waals surface area contributed by atoms with Crippen molar-refractivity contribution in [1.29, 1.82) is 0 Å². The van der Waals surface area contributed by atoms with Crippen molar-refractivity contribution in [3.05, 3.63) is 12.2 Å². The van der Waals surface area contributed by atoms with Gasteiger partial charge in [0.1, 0.15) is 6.33 Å². The molecular formula is C10H19N7O. The van der Waals surface area contributed by atoms with Crippen molar-refractivity contribution >= 4 is 5.96 Å². The number of aromatic nitrogens is 3. The van der Waals surface area contributed by atoms with E-state index in [1.807, 2.05) is 4.57 Å². The predicted octanol–water partition coefficient (Wildman–Crippen LogP) is -1.05. The van der Waals surface area contributed by atoms with Gasteiger partial charge in [0.25, 0.3) is 0 Å². The van der Waals surface area contributed by atoms with Crippen LogP contribution in [0.3, 0.4) is 0 Å². The van der Waals surface area contributed by atoms with Gasteiger partial charge < -0.3 is 14.2 Å². The molecule has 0 saturated heterocycles. The van der Waals surface area contributed by atoms with Gasteiger partial charge in [-0.1, -0.05) is 0 Å². The molecule has 100 valence electrons. The van der Waals surface area contributed by atoms with E-state index in [4.69, 9.17) is 10.6 Å². The fourth-order valence-electron chi connectivity index (χ4n) is 1.88. The fourth-order valence-corrected chi connectivity index (χ4v) is 1.88. The number of rotatable bonds is 4. The minimum Gasteiger partial charge on any atom is -0.385 e. The number of guanidine groups is 1. The number of hydrogen-bond acceptors (Lipinski definition) is 5. The van der Waals surface area contributed by atoms with E-state index < -0.39 is 0 Å². The summed E-state index contributed by atoms with van der Waals surface area (Å²) in [4.78, 5) is 6.50. The number of hydrazine groups is 1. The highest BCUT2D eigenvalue weighted by molar-refractivity contribution is 5.79. The quantitative estimate of drug-likeness (QED) is 0.234. The Morgan fingerprint density at radius 1 is 1.61 bits per heavy atom. The minimum absolute atomic E-state index is 0.674. The van der Waals surface area contributed by atoms with Gasteiger partial charge in [0.05, 0.1) is 6.54 Å². The largest absolute Gasteiger partial charge is 0.385 e. The molecule has 0 amide bonds. The molecule has 1 aliphatic rings. The van der Waals surface area contributed by atoms with Gasteiger partial charge >= 0.3 is 0 Å². The number of hydrogen-bond donors (Lipinski definition) is 2. The van der Waals surface area contributed by atoms with Crippen molar-refractivity contribution in [2.75, 3.05) is 26.8 Å². The zero-order valence-electron chi connectivity index (χ0n) is 10.5. The third-order valence-corrected chi connectivity index (χ3v) is 2.84. The van der Waals surface area contributed by atoms with Crippen LogP contribution in [0.25, 0.3) is 0 Å². The highest BCUT2D eigenvalue weighted by Gasteiger charge is 2.19. The molecule has 1 aliphatic heterocycles. The lowest BCUT2D eigenvalue weighted by atomic mass is 10.3. The number of nitrogens with two attached hydrogens (primary N) is 1. The maximum absolute atomic E-state index is 5.52. The maximum atomic E-state index is 5.52. The van der Waals surface area contributed by atoms with E-state index >= 15 is 0 Å². The number of aliphatic imine (C=N–C) groups is 1. The molecule has 0 unspecified atom stereocenters. The summed E-state index contributed by atoms with van der Waals surface area (Å²) in [5, 5.41) is 7.95. The Balaban J connectivity index is 1.93. The molecule has 0 aromatic carbocycles. The third-order valence-electron chi connectivity index (χ3n) is 2.84. The van der Waals surface area contributed by atoms with Gasteiger partial charge in [0, 0.05) is 33.4 Å². The van der Waals surface area contributed by atoms with Crippen LogP contribution >= 0.6 is 0 Å². The Bertz CT molecular complexity index is 403. The number of ether oxygens (including phenoxy) is 1. The molecule has 18 heavy (non-hydrogen) atoms. The summed E-state index contributed by atoms with van der Waals surface area (Å²) in [6.45, 7) is 3.76. The summed E-state index contributed by atoms with van der Waals surface area (Å²) in [6, 6.07) is 0. The Kier molecular flexibility index (Phi) is 4.48. The predicted molar refractivity (Wildman–Crippen MR) is 66.6 cm³/mol. The van der Waals surface area contributed by atoms with E-state index in [9.17, 15) is 0 Å². The summed E-state index contributed by atoms with van der Waals surface area (Å²) in [6.07, 6.45) is 2.63. The number of nitrogens with one attached hydrogen (secondary N) is 1. The monoisotopic (exact) mass is 253 g/mol. The van der Waals surface area contributed by atoms with Crippen molar-refractivity contribution in [1.82, 2.24) is 25.1 Å². The standard InChI is InChI=1S/C10H19N7O/c1-18-6-2-3-12-10(14-11)16-4-5-17-8-13-15-9(17)7-16/h8H,2-7,11H2,1H3,(H,12,14). The van der Waals surface area contributed by atoms with Crippen LogP contribution in [-0.4, -0.2) is 52.4 Å². The van der Waals surface area contributed by atoms with Gasteiger partial charge in [-0.25, -0.2) is 5.84 Å². The zero-order chi connectivity index (χ0) is 12.8. The second-order valence-electron chi connectivity index (χ2n) is 4.06. The molecule has 1 aromatic heterocycles. The lowest BCUT2D eigenvalue weighted by Crippen LogP contribution is -2.48. The summed E-state index contributed by atoms with van der Waals surface area (Å²) in [5.41, 5.74) is 2.65. The zero-order valence-corrected chi connectivity index (χ0v) is 10.5. The lowest BCUT2D eigenvalue weighted by molar-refractivity contribution is 0.196. The number of methoxy groups -OCH3 is 1. The first kappa shape index (κ1) is 12.8. The van der Waals surface area contributed by atoms with Crippen molar-refractivity contribution in [2.24, 2.45) is 10.8 Å². The molecule has 2 heterocycles.